The largest absolute Gasteiger partial charge is 0.481 e. The third-order valence-corrected chi connectivity index (χ3v) is 6.70. The maximum Gasteiger partial charge on any atom is 0.303 e. The molecule has 1 amide bonds. The Hall–Kier alpha value is -1.51. The number of rotatable bonds is 12. The van der Waals surface area contributed by atoms with Crippen molar-refractivity contribution in [3.63, 3.8) is 0 Å². The van der Waals surface area contributed by atoms with Gasteiger partial charge >= 0.3 is 5.97 Å². The van der Waals surface area contributed by atoms with Crippen LogP contribution in [-0.2, 0) is 17.6 Å². The molecule has 2 atom stereocenters. The Morgan fingerprint density at radius 1 is 1.45 bits per heavy atom. The van der Waals surface area contributed by atoms with E-state index in [0.717, 1.165) is 17.1 Å². The minimum Gasteiger partial charge on any atom is -0.481 e. The Balaban J connectivity index is 1.81. The molecule has 160 valence electrons. The molecule has 5 nitrogen and oxygen atoms in total. The molecule has 2 rings (SSSR count). The lowest BCUT2D eigenvalue weighted by Gasteiger charge is -2.21. The number of carbonyl (C=O) groups is 2. The van der Waals surface area contributed by atoms with E-state index in [2.05, 4.69) is 0 Å². The van der Waals surface area contributed by atoms with Crippen molar-refractivity contribution in [1.82, 2.24) is 4.90 Å². The number of nitrogens with zero attached hydrogens (tertiary/aromatic N) is 1. The average molecular weight is 442 g/mol. The van der Waals surface area contributed by atoms with Crippen molar-refractivity contribution in [2.75, 3.05) is 23.8 Å². The van der Waals surface area contributed by atoms with E-state index in [1.807, 2.05) is 13.0 Å². The first-order valence-electron chi connectivity index (χ1n) is 9.77. The third kappa shape index (κ3) is 8.03. The number of halogens is 1. The molecule has 1 saturated heterocycles. The number of aliphatic hydroxyl groups is 1. The number of carboxylic acids is 1. The predicted molar refractivity (Wildman–Crippen MR) is 117 cm³/mol. The molecule has 8 heteroatoms. The normalized spacial score (nSPS) is 18.0. The zero-order valence-corrected chi connectivity index (χ0v) is 18.2. The van der Waals surface area contributed by atoms with Gasteiger partial charge in [0.05, 0.1) is 12.1 Å². The van der Waals surface area contributed by atoms with E-state index >= 15 is 0 Å². The fourth-order valence-electron chi connectivity index (χ4n) is 3.06. The van der Waals surface area contributed by atoms with Crippen molar-refractivity contribution >= 4 is 34.7 Å². The number of hydrogen-bond acceptors (Lipinski definition) is 5. The lowest BCUT2D eigenvalue weighted by atomic mass is 10.0. The van der Waals surface area contributed by atoms with E-state index in [-0.39, 0.29) is 23.5 Å². The van der Waals surface area contributed by atoms with E-state index in [4.69, 9.17) is 5.11 Å². The summed E-state index contributed by atoms with van der Waals surface area (Å²) >= 11 is 2.92. The molecule has 1 aliphatic rings. The molecule has 1 aromatic rings. The molecule has 1 aromatic carbocycles. The second kappa shape index (κ2) is 12.2. The molecule has 0 radical (unpaired) electrons. The number of carbonyl (C=O) groups excluding carboxylic acids is 1. The number of thioether (sulfide) groups is 2. The number of aliphatic carboxylic acids is 1. The number of carboxylic acid groups (broad SMARTS) is 1. The van der Waals surface area contributed by atoms with Crippen LogP contribution >= 0.6 is 23.5 Å². The molecule has 1 fully saturated rings. The number of amides is 1. The van der Waals surface area contributed by atoms with Gasteiger partial charge < -0.3 is 15.1 Å². The third-order valence-electron chi connectivity index (χ3n) is 4.66. The maximum atomic E-state index is 13.6. The number of aryl methyl sites for hydroxylation is 1. The monoisotopic (exact) mass is 441 g/mol. The molecule has 1 heterocycles. The second-order valence-electron chi connectivity index (χ2n) is 6.88. The zero-order valence-electron chi connectivity index (χ0n) is 16.6. The highest BCUT2D eigenvalue weighted by molar-refractivity contribution is 8.13. The highest BCUT2D eigenvalue weighted by Gasteiger charge is 2.29. The topological polar surface area (TPSA) is 77.8 Å². The van der Waals surface area contributed by atoms with Gasteiger partial charge in [-0.3, -0.25) is 9.59 Å². The summed E-state index contributed by atoms with van der Waals surface area (Å²) in [7, 11) is 0. The minimum atomic E-state index is -0.785. The molecule has 0 aliphatic carbocycles. The van der Waals surface area contributed by atoms with E-state index < -0.39 is 12.1 Å². The van der Waals surface area contributed by atoms with E-state index in [1.165, 1.54) is 17.8 Å². The molecule has 0 bridgehead atoms. The van der Waals surface area contributed by atoms with Crippen LogP contribution in [0.15, 0.2) is 30.4 Å². The summed E-state index contributed by atoms with van der Waals surface area (Å²) in [6.07, 6.45) is 4.70. The van der Waals surface area contributed by atoms with Crippen molar-refractivity contribution in [3.8, 4) is 0 Å². The van der Waals surface area contributed by atoms with Crippen molar-refractivity contribution in [2.24, 2.45) is 0 Å². The summed E-state index contributed by atoms with van der Waals surface area (Å²) in [5, 5.41) is 19.0. The highest BCUT2D eigenvalue weighted by atomic mass is 32.2. The first kappa shape index (κ1) is 23.8. The lowest BCUT2D eigenvalue weighted by molar-refractivity contribution is -0.137. The molecule has 0 aromatic heterocycles. The molecule has 1 aliphatic heterocycles. The van der Waals surface area contributed by atoms with E-state index in [0.29, 0.717) is 37.1 Å². The standard InChI is InChI=1S/C21H28FNO4S2/c1-2-16-12-15(5-8-19(16)22)13-18(24)7-6-17-14-29-21(27)23(17)9-11-28-10-3-4-20(25)26/h5-8,12,17-18,24H,2-4,9-11,13-14H2,1H3,(H,25,26)/b7-6+/t17-,18+/m0/s1. The zero-order chi connectivity index (χ0) is 21.2. The molecule has 0 unspecified atom stereocenters. The van der Waals surface area contributed by atoms with Crippen molar-refractivity contribution in [3.05, 3.63) is 47.3 Å². The molecular formula is C21H28FNO4S2. The Morgan fingerprint density at radius 3 is 2.97 bits per heavy atom. The molecule has 0 spiro atoms. The SMILES string of the molecule is CCc1cc(C[C@H](O)/C=C/[C@H]2CSC(=O)N2CCSCCCC(=O)O)ccc1F. The van der Waals surface area contributed by atoms with Crippen LogP contribution in [0.4, 0.5) is 9.18 Å². The lowest BCUT2D eigenvalue weighted by Crippen LogP contribution is -2.34. The fraction of sp³-hybridized carbons (Fsp3) is 0.524. The summed E-state index contributed by atoms with van der Waals surface area (Å²) in [4.78, 5) is 24.4. The molecule has 0 saturated carbocycles. The Bertz CT molecular complexity index is 729. The summed E-state index contributed by atoms with van der Waals surface area (Å²) in [6.45, 7) is 2.50. The fourth-order valence-corrected chi connectivity index (χ4v) is 4.94. The summed E-state index contributed by atoms with van der Waals surface area (Å²) < 4.78 is 13.6. The molecule has 2 N–H and O–H groups in total. The van der Waals surface area contributed by atoms with Crippen molar-refractivity contribution < 1.29 is 24.2 Å². The van der Waals surface area contributed by atoms with Gasteiger partial charge in [-0.15, -0.1) is 0 Å². The van der Waals surface area contributed by atoms with Gasteiger partial charge in [0.2, 0.25) is 0 Å². The molecular weight excluding hydrogens is 413 g/mol. The van der Waals surface area contributed by atoms with E-state index in [1.54, 1.807) is 34.9 Å². The highest BCUT2D eigenvalue weighted by Crippen LogP contribution is 2.25. The Kier molecular flexibility index (Phi) is 10.0. The number of benzene rings is 1. The van der Waals surface area contributed by atoms with Crippen LogP contribution in [0.25, 0.3) is 0 Å². The van der Waals surface area contributed by atoms with Crippen molar-refractivity contribution in [2.45, 2.75) is 44.8 Å². The Labute approximate surface area is 179 Å². The summed E-state index contributed by atoms with van der Waals surface area (Å²) in [5.41, 5.74) is 1.52. The van der Waals surface area contributed by atoms with Gasteiger partial charge in [0, 0.05) is 30.9 Å². The van der Waals surface area contributed by atoms with Gasteiger partial charge in [-0.25, -0.2) is 4.39 Å². The van der Waals surface area contributed by atoms with Gasteiger partial charge in [0.15, 0.2) is 0 Å². The number of hydrogen-bond donors (Lipinski definition) is 2. The quantitative estimate of drug-likeness (QED) is 0.377. The first-order valence-corrected chi connectivity index (χ1v) is 11.9. The van der Waals surface area contributed by atoms with Crippen LogP contribution in [0.1, 0.15) is 30.9 Å². The van der Waals surface area contributed by atoms with Gasteiger partial charge in [-0.05, 0) is 35.8 Å². The van der Waals surface area contributed by atoms with Crippen LogP contribution in [0.2, 0.25) is 0 Å². The van der Waals surface area contributed by atoms with Gasteiger partial charge in [-0.2, -0.15) is 11.8 Å². The predicted octanol–water partition coefficient (Wildman–Crippen LogP) is 3.98. The van der Waals surface area contributed by atoms with Gasteiger partial charge in [-0.1, -0.05) is 43.0 Å². The Morgan fingerprint density at radius 2 is 2.24 bits per heavy atom. The molecule has 29 heavy (non-hydrogen) atoms. The maximum absolute atomic E-state index is 13.6. The van der Waals surface area contributed by atoms with Crippen LogP contribution in [0, 0.1) is 5.82 Å². The number of aliphatic hydroxyl groups excluding tert-OH is 1. The minimum absolute atomic E-state index is 0.0337. The average Bonchev–Trinajstić information content (AvgIpc) is 3.04. The van der Waals surface area contributed by atoms with Crippen LogP contribution in [0.5, 0.6) is 0 Å². The smallest absolute Gasteiger partial charge is 0.303 e. The van der Waals surface area contributed by atoms with Gasteiger partial charge in [0.25, 0.3) is 5.24 Å². The second-order valence-corrected chi connectivity index (χ2v) is 9.08. The van der Waals surface area contributed by atoms with Gasteiger partial charge in [0.1, 0.15) is 5.82 Å². The van der Waals surface area contributed by atoms with Crippen LogP contribution < -0.4 is 0 Å². The summed E-state index contributed by atoms with van der Waals surface area (Å²) in [6, 6.07) is 4.86. The van der Waals surface area contributed by atoms with E-state index in [9.17, 15) is 19.1 Å². The summed E-state index contributed by atoms with van der Waals surface area (Å²) in [5.74, 6) is 1.17. The first-order chi connectivity index (χ1) is 13.9. The van der Waals surface area contributed by atoms with Crippen molar-refractivity contribution in [1.29, 1.82) is 0 Å². The van der Waals surface area contributed by atoms with Crippen LogP contribution in [0.3, 0.4) is 0 Å². The van der Waals surface area contributed by atoms with Crippen LogP contribution in [-0.4, -0.2) is 62.3 Å².